The van der Waals surface area contributed by atoms with Gasteiger partial charge in [-0.3, -0.25) is 0 Å². The second-order valence-electron chi connectivity index (χ2n) is 2.84. The summed E-state index contributed by atoms with van der Waals surface area (Å²) in [4.78, 5) is 23.3. The van der Waals surface area contributed by atoms with E-state index >= 15 is 0 Å². The highest BCUT2D eigenvalue weighted by Crippen LogP contribution is 2.37. The third-order valence-corrected chi connectivity index (χ3v) is 3.39. The van der Waals surface area contributed by atoms with Crippen molar-refractivity contribution in [2.75, 3.05) is 13.2 Å². The Morgan fingerprint density at radius 2 is 1.35 bits per heavy atom. The molecule has 1 rings (SSSR count). The van der Waals surface area contributed by atoms with E-state index in [0.29, 0.717) is 0 Å². The second kappa shape index (κ2) is 6.23. The number of ether oxygens (including phenoxy) is 2. The van der Waals surface area contributed by atoms with E-state index in [1.54, 1.807) is 13.8 Å². The number of hydrogen-bond acceptors (Lipinski definition) is 5. The van der Waals surface area contributed by atoms with Gasteiger partial charge in [-0.05, 0) is 13.8 Å². The van der Waals surface area contributed by atoms with Crippen molar-refractivity contribution in [2.24, 2.45) is 0 Å². The number of carbonyl (C=O) groups is 2. The van der Waals surface area contributed by atoms with Gasteiger partial charge >= 0.3 is 11.9 Å². The van der Waals surface area contributed by atoms with E-state index < -0.39 is 11.9 Å². The molecule has 0 N–H and O–H groups in total. The summed E-state index contributed by atoms with van der Waals surface area (Å²) >= 11 is 12.6. The van der Waals surface area contributed by atoms with Crippen molar-refractivity contribution in [3.63, 3.8) is 0 Å². The number of hydrogen-bond donors (Lipinski definition) is 0. The fourth-order valence-corrected chi connectivity index (χ4v) is 2.81. The number of thiophene rings is 1. The molecule has 0 atom stereocenters. The second-order valence-corrected chi connectivity index (χ2v) is 5.07. The zero-order chi connectivity index (χ0) is 13.0. The molecule has 94 valence electrons. The van der Waals surface area contributed by atoms with Gasteiger partial charge in [0.2, 0.25) is 0 Å². The topological polar surface area (TPSA) is 52.6 Å². The third-order valence-electron chi connectivity index (χ3n) is 1.78. The van der Waals surface area contributed by atoms with E-state index in [0.717, 1.165) is 11.3 Å². The first kappa shape index (κ1) is 14.3. The molecule has 0 fully saturated rings. The largest absolute Gasteiger partial charge is 0.462 e. The van der Waals surface area contributed by atoms with Gasteiger partial charge in [-0.1, -0.05) is 23.2 Å². The Morgan fingerprint density at radius 1 is 1.00 bits per heavy atom. The van der Waals surface area contributed by atoms with Crippen LogP contribution in [-0.4, -0.2) is 25.2 Å². The van der Waals surface area contributed by atoms with Crippen molar-refractivity contribution >= 4 is 46.5 Å². The quantitative estimate of drug-likeness (QED) is 0.799. The van der Waals surface area contributed by atoms with Crippen LogP contribution in [0.3, 0.4) is 0 Å². The summed E-state index contributed by atoms with van der Waals surface area (Å²) in [5.41, 5.74) is -0.0519. The van der Waals surface area contributed by atoms with E-state index in [4.69, 9.17) is 32.7 Å². The lowest BCUT2D eigenvalue weighted by Gasteiger charge is -2.04. The van der Waals surface area contributed by atoms with Gasteiger partial charge in [-0.2, -0.15) is 0 Å². The smallest absolute Gasteiger partial charge is 0.341 e. The Morgan fingerprint density at radius 3 is 1.65 bits per heavy atom. The Bertz CT molecular complexity index is 403. The fraction of sp³-hybridized carbons (Fsp3) is 0.400. The van der Waals surface area contributed by atoms with E-state index in [1.807, 2.05) is 0 Å². The lowest BCUT2D eigenvalue weighted by Crippen LogP contribution is -2.12. The molecule has 0 unspecified atom stereocenters. The lowest BCUT2D eigenvalue weighted by atomic mass is 10.2. The van der Waals surface area contributed by atoms with Crippen LogP contribution < -0.4 is 0 Å². The summed E-state index contributed by atoms with van der Waals surface area (Å²) in [7, 11) is 0. The minimum absolute atomic E-state index is 0.0260. The van der Waals surface area contributed by atoms with Crippen LogP contribution in [0.1, 0.15) is 34.6 Å². The first-order valence-electron chi connectivity index (χ1n) is 4.84. The summed E-state index contributed by atoms with van der Waals surface area (Å²) < 4.78 is 9.86. The van der Waals surface area contributed by atoms with E-state index in [-0.39, 0.29) is 33.0 Å². The Hall–Kier alpha value is -0.780. The summed E-state index contributed by atoms with van der Waals surface area (Å²) in [6.07, 6.45) is 0. The van der Waals surface area contributed by atoms with Crippen molar-refractivity contribution in [2.45, 2.75) is 13.8 Å². The van der Waals surface area contributed by atoms with Gasteiger partial charge in [-0.25, -0.2) is 9.59 Å². The minimum atomic E-state index is -0.677. The number of rotatable bonds is 4. The van der Waals surface area contributed by atoms with Crippen molar-refractivity contribution < 1.29 is 19.1 Å². The van der Waals surface area contributed by atoms with Crippen molar-refractivity contribution in [1.29, 1.82) is 0 Å². The zero-order valence-corrected chi connectivity index (χ0v) is 11.5. The maximum Gasteiger partial charge on any atom is 0.341 e. The van der Waals surface area contributed by atoms with Crippen molar-refractivity contribution in [1.82, 2.24) is 0 Å². The SMILES string of the molecule is CCOC(=O)c1c(Cl)sc(Cl)c1C(=O)OCC. The third kappa shape index (κ3) is 3.12. The average Bonchev–Trinajstić information content (AvgIpc) is 2.54. The summed E-state index contributed by atoms with van der Waals surface area (Å²) in [5.74, 6) is -1.35. The first-order valence-corrected chi connectivity index (χ1v) is 6.42. The number of halogens is 2. The molecule has 0 saturated heterocycles. The highest BCUT2D eigenvalue weighted by molar-refractivity contribution is 7.20. The number of esters is 2. The molecule has 0 spiro atoms. The molecule has 0 aliphatic rings. The Balaban J connectivity index is 3.19. The molecule has 7 heteroatoms. The summed E-state index contributed by atoms with van der Waals surface area (Å²) in [5, 5.41) is 0. The molecule has 17 heavy (non-hydrogen) atoms. The van der Waals surface area contributed by atoms with Gasteiger partial charge in [-0.15, -0.1) is 11.3 Å². The highest BCUT2D eigenvalue weighted by atomic mass is 35.5. The standard InChI is InChI=1S/C10H10Cl2O4S/c1-3-15-9(13)5-6(10(14)16-4-2)8(12)17-7(5)11/h3-4H2,1-2H3. The van der Waals surface area contributed by atoms with Gasteiger partial charge in [0.25, 0.3) is 0 Å². The number of carbonyl (C=O) groups excluding carboxylic acids is 2. The molecular formula is C10H10Cl2O4S. The molecule has 0 aliphatic carbocycles. The van der Waals surface area contributed by atoms with Gasteiger partial charge < -0.3 is 9.47 Å². The molecule has 1 heterocycles. The molecule has 0 aromatic carbocycles. The van der Waals surface area contributed by atoms with E-state index in [9.17, 15) is 9.59 Å². The van der Waals surface area contributed by atoms with Gasteiger partial charge in [0, 0.05) is 0 Å². The zero-order valence-electron chi connectivity index (χ0n) is 9.21. The van der Waals surface area contributed by atoms with Gasteiger partial charge in [0.1, 0.15) is 19.8 Å². The van der Waals surface area contributed by atoms with Crippen LogP contribution in [0.15, 0.2) is 0 Å². The molecule has 0 bridgehead atoms. The van der Waals surface area contributed by atoms with Crippen molar-refractivity contribution in [3.8, 4) is 0 Å². The van der Waals surface area contributed by atoms with Crippen LogP contribution in [-0.2, 0) is 9.47 Å². The highest BCUT2D eigenvalue weighted by Gasteiger charge is 2.28. The van der Waals surface area contributed by atoms with Crippen LogP contribution >= 0.6 is 34.5 Å². The minimum Gasteiger partial charge on any atom is -0.462 e. The molecule has 0 aliphatic heterocycles. The Labute approximate surface area is 112 Å². The van der Waals surface area contributed by atoms with Crippen LogP contribution in [0.25, 0.3) is 0 Å². The maximum absolute atomic E-state index is 11.6. The van der Waals surface area contributed by atoms with Gasteiger partial charge in [0.15, 0.2) is 0 Å². The van der Waals surface area contributed by atoms with Crippen LogP contribution in [0.2, 0.25) is 8.67 Å². The molecule has 0 amide bonds. The van der Waals surface area contributed by atoms with Crippen LogP contribution in [0, 0.1) is 0 Å². The van der Waals surface area contributed by atoms with Crippen LogP contribution in [0.5, 0.6) is 0 Å². The van der Waals surface area contributed by atoms with E-state index in [1.165, 1.54) is 0 Å². The summed E-state index contributed by atoms with van der Waals surface area (Å²) in [6, 6.07) is 0. The monoisotopic (exact) mass is 296 g/mol. The van der Waals surface area contributed by atoms with Crippen molar-refractivity contribution in [3.05, 3.63) is 19.8 Å². The van der Waals surface area contributed by atoms with Gasteiger partial charge in [0.05, 0.1) is 13.2 Å². The fourth-order valence-electron chi connectivity index (χ4n) is 1.15. The lowest BCUT2D eigenvalue weighted by molar-refractivity contribution is 0.0480. The first-order chi connectivity index (χ1) is 8.02. The van der Waals surface area contributed by atoms with E-state index in [2.05, 4.69) is 0 Å². The Kier molecular flexibility index (Phi) is 5.24. The predicted octanol–water partition coefficient (Wildman–Crippen LogP) is 3.41. The predicted molar refractivity (Wildman–Crippen MR) is 66.3 cm³/mol. The molecule has 4 nitrogen and oxygen atoms in total. The maximum atomic E-state index is 11.6. The molecular weight excluding hydrogens is 287 g/mol. The molecule has 0 saturated carbocycles. The molecule has 1 aromatic rings. The molecule has 0 radical (unpaired) electrons. The van der Waals surface area contributed by atoms with Crippen LogP contribution in [0.4, 0.5) is 0 Å². The summed E-state index contributed by atoms with van der Waals surface area (Å²) in [6.45, 7) is 3.68. The normalized spacial score (nSPS) is 10.1. The molecule has 1 aromatic heterocycles. The average molecular weight is 297 g/mol.